The summed E-state index contributed by atoms with van der Waals surface area (Å²) < 4.78 is 14.6. The monoisotopic (exact) mass is 285 g/mol. The molecule has 0 saturated heterocycles. The molecule has 4 nitrogen and oxygen atoms in total. The minimum Gasteiger partial charge on any atom is -0.375 e. The van der Waals surface area contributed by atoms with E-state index in [0.717, 1.165) is 11.1 Å². The first kappa shape index (κ1) is 13.4. The third-order valence-electron chi connectivity index (χ3n) is 3.59. The second-order valence-corrected chi connectivity index (χ2v) is 5.20. The van der Waals surface area contributed by atoms with Gasteiger partial charge < -0.3 is 15.5 Å². The molecule has 2 aromatic rings. The van der Waals surface area contributed by atoms with Crippen molar-refractivity contribution < 1.29 is 9.18 Å². The number of hydrogen-bond acceptors (Lipinski definition) is 2. The Labute approximate surface area is 122 Å². The normalized spacial score (nSPS) is 16.7. The molecule has 1 atom stereocenters. The van der Waals surface area contributed by atoms with Crippen molar-refractivity contribution in [2.75, 3.05) is 24.3 Å². The summed E-state index contributed by atoms with van der Waals surface area (Å²) in [5, 5.41) is 5.41. The molecule has 3 rings (SSSR count). The van der Waals surface area contributed by atoms with E-state index in [1.165, 1.54) is 0 Å². The molecule has 1 heterocycles. The number of carbonyl (C=O) groups excluding carboxylic acids is 1. The van der Waals surface area contributed by atoms with Crippen LogP contribution in [0.25, 0.3) is 0 Å². The van der Waals surface area contributed by atoms with Crippen LogP contribution in [-0.4, -0.2) is 20.1 Å². The number of urea groups is 1. The van der Waals surface area contributed by atoms with E-state index in [1.54, 1.807) is 25.1 Å². The van der Waals surface area contributed by atoms with Crippen LogP contribution in [0.15, 0.2) is 42.5 Å². The first-order valence-corrected chi connectivity index (χ1v) is 6.70. The number of rotatable bonds is 2. The average Bonchev–Trinajstić information content (AvgIpc) is 2.48. The summed E-state index contributed by atoms with van der Waals surface area (Å²) >= 11 is 0. The van der Waals surface area contributed by atoms with Gasteiger partial charge in [0.1, 0.15) is 0 Å². The first-order chi connectivity index (χ1) is 10.1. The van der Waals surface area contributed by atoms with Gasteiger partial charge >= 0.3 is 6.03 Å². The van der Waals surface area contributed by atoms with Crippen LogP contribution in [0.2, 0.25) is 0 Å². The molecular weight excluding hydrogens is 269 g/mol. The molecule has 0 bridgehead atoms. The highest BCUT2D eigenvalue weighted by molar-refractivity contribution is 5.94. The van der Waals surface area contributed by atoms with Crippen molar-refractivity contribution in [2.24, 2.45) is 0 Å². The van der Waals surface area contributed by atoms with E-state index in [2.05, 4.69) is 10.6 Å². The number of fused-ring (bicyclic) bond motifs is 1. The zero-order valence-corrected chi connectivity index (χ0v) is 11.9. The highest BCUT2D eigenvalue weighted by atomic mass is 19.1. The van der Waals surface area contributed by atoms with Crippen molar-refractivity contribution in [3.8, 4) is 0 Å². The second kappa shape index (κ2) is 5.09. The molecule has 1 unspecified atom stereocenters. The number of carbonyl (C=O) groups is 1. The van der Waals surface area contributed by atoms with Gasteiger partial charge in [-0.15, -0.1) is 0 Å². The third kappa shape index (κ3) is 2.31. The highest BCUT2D eigenvalue weighted by Gasteiger charge is 2.29. The second-order valence-electron chi connectivity index (χ2n) is 5.20. The molecule has 0 spiro atoms. The van der Waals surface area contributed by atoms with Gasteiger partial charge in [-0.3, -0.25) is 0 Å². The third-order valence-corrected chi connectivity index (χ3v) is 3.59. The van der Waals surface area contributed by atoms with Crippen LogP contribution in [0, 0.1) is 5.82 Å². The Morgan fingerprint density at radius 3 is 2.48 bits per heavy atom. The van der Waals surface area contributed by atoms with Gasteiger partial charge in [0.25, 0.3) is 0 Å². The minimum atomic E-state index is -0.409. The van der Waals surface area contributed by atoms with Crippen LogP contribution < -0.4 is 15.5 Å². The Hall–Kier alpha value is -2.56. The van der Waals surface area contributed by atoms with E-state index in [4.69, 9.17) is 0 Å². The fourth-order valence-electron chi connectivity index (χ4n) is 2.56. The van der Waals surface area contributed by atoms with Crippen LogP contribution in [0.4, 0.5) is 20.6 Å². The fraction of sp³-hybridized carbons (Fsp3) is 0.188. The summed E-state index contributed by atoms with van der Waals surface area (Å²) in [5.41, 5.74) is 2.34. The number of anilines is 2. The van der Waals surface area contributed by atoms with Gasteiger partial charge in [0, 0.05) is 19.7 Å². The van der Waals surface area contributed by atoms with Gasteiger partial charge in [-0.25, -0.2) is 9.18 Å². The van der Waals surface area contributed by atoms with Crippen molar-refractivity contribution in [1.82, 2.24) is 5.32 Å². The van der Waals surface area contributed by atoms with Gasteiger partial charge in [-0.05, 0) is 11.6 Å². The largest absolute Gasteiger partial charge is 0.375 e. The Balaban J connectivity index is 2.14. The smallest absolute Gasteiger partial charge is 0.320 e. The summed E-state index contributed by atoms with van der Waals surface area (Å²) in [6.45, 7) is 0. The molecule has 0 aromatic heterocycles. The lowest BCUT2D eigenvalue weighted by atomic mass is 9.95. The molecule has 5 heteroatoms. The molecular formula is C16H16FN3O. The van der Waals surface area contributed by atoms with E-state index >= 15 is 0 Å². The van der Waals surface area contributed by atoms with E-state index in [-0.39, 0.29) is 11.7 Å². The van der Waals surface area contributed by atoms with Gasteiger partial charge in [-0.1, -0.05) is 36.4 Å². The summed E-state index contributed by atoms with van der Waals surface area (Å²) in [5.74, 6) is -0.409. The maximum absolute atomic E-state index is 14.6. The maximum Gasteiger partial charge on any atom is 0.320 e. The van der Waals surface area contributed by atoms with E-state index in [0.29, 0.717) is 5.69 Å². The molecule has 0 fully saturated rings. The van der Waals surface area contributed by atoms with E-state index < -0.39 is 11.8 Å². The minimum absolute atomic E-state index is 0.249. The molecule has 21 heavy (non-hydrogen) atoms. The van der Waals surface area contributed by atoms with Crippen molar-refractivity contribution >= 4 is 17.4 Å². The van der Waals surface area contributed by atoms with Gasteiger partial charge in [0.2, 0.25) is 0 Å². The van der Waals surface area contributed by atoms with Gasteiger partial charge in [0.15, 0.2) is 5.82 Å². The topological polar surface area (TPSA) is 44.4 Å². The zero-order valence-electron chi connectivity index (χ0n) is 11.9. The number of amides is 2. The SMILES string of the molecule is CN(C)c1ccc2c(c1F)NC(=O)NC2c1ccccc1. The lowest BCUT2D eigenvalue weighted by molar-refractivity contribution is 0.248. The number of halogens is 1. The van der Waals surface area contributed by atoms with E-state index in [9.17, 15) is 9.18 Å². The van der Waals surface area contributed by atoms with Crippen LogP contribution in [-0.2, 0) is 0 Å². The summed E-state index contributed by atoms with van der Waals surface area (Å²) in [6.07, 6.45) is 0. The molecule has 0 radical (unpaired) electrons. The lowest BCUT2D eigenvalue weighted by Gasteiger charge is -2.29. The van der Waals surface area contributed by atoms with Crippen LogP contribution in [0.5, 0.6) is 0 Å². The molecule has 1 aliphatic rings. The van der Waals surface area contributed by atoms with Gasteiger partial charge in [0.05, 0.1) is 17.4 Å². The Kier molecular flexibility index (Phi) is 3.25. The predicted octanol–water partition coefficient (Wildman–Crippen LogP) is 3.12. The van der Waals surface area contributed by atoms with Crippen molar-refractivity contribution in [3.05, 3.63) is 59.4 Å². The van der Waals surface area contributed by atoms with E-state index in [1.807, 2.05) is 36.4 Å². The molecule has 2 N–H and O–H groups in total. The van der Waals surface area contributed by atoms with Crippen LogP contribution >= 0.6 is 0 Å². The first-order valence-electron chi connectivity index (χ1n) is 6.70. The Bertz CT molecular complexity index is 685. The zero-order chi connectivity index (χ0) is 15.0. The highest BCUT2D eigenvalue weighted by Crippen LogP contribution is 2.37. The van der Waals surface area contributed by atoms with Gasteiger partial charge in [-0.2, -0.15) is 0 Å². The molecule has 0 aliphatic carbocycles. The van der Waals surface area contributed by atoms with Crippen molar-refractivity contribution in [2.45, 2.75) is 6.04 Å². The van der Waals surface area contributed by atoms with Crippen molar-refractivity contribution in [3.63, 3.8) is 0 Å². The number of nitrogens with zero attached hydrogens (tertiary/aromatic N) is 1. The summed E-state index contributed by atoms with van der Waals surface area (Å²) in [6, 6.07) is 12.4. The molecule has 2 amide bonds. The molecule has 2 aromatic carbocycles. The summed E-state index contributed by atoms with van der Waals surface area (Å²) in [7, 11) is 3.53. The number of nitrogens with one attached hydrogen (secondary N) is 2. The quantitative estimate of drug-likeness (QED) is 0.890. The standard InChI is InChI=1S/C16H16FN3O/c1-20(2)12-9-8-11-14(10-6-4-3-5-7-10)18-16(21)19-15(11)13(12)17/h3-9,14H,1-2H3,(H2,18,19,21). The lowest BCUT2D eigenvalue weighted by Crippen LogP contribution is -2.38. The summed E-state index contributed by atoms with van der Waals surface area (Å²) in [4.78, 5) is 13.5. The Morgan fingerprint density at radius 2 is 1.81 bits per heavy atom. The average molecular weight is 285 g/mol. The fourth-order valence-corrected chi connectivity index (χ4v) is 2.56. The Morgan fingerprint density at radius 1 is 1.10 bits per heavy atom. The number of hydrogen-bond donors (Lipinski definition) is 2. The predicted molar refractivity (Wildman–Crippen MR) is 81.2 cm³/mol. The molecule has 0 saturated carbocycles. The van der Waals surface area contributed by atoms with Crippen LogP contribution in [0.3, 0.4) is 0 Å². The van der Waals surface area contributed by atoms with Crippen LogP contribution in [0.1, 0.15) is 17.2 Å². The van der Waals surface area contributed by atoms with Crippen molar-refractivity contribution in [1.29, 1.82) is 0 Å². The molecule has 108 valence electrons. The molecule has 1 aliphatic heterocycles. The maximum atomic E-state index is 14.6. The number of benzene rings is 2.